The highest BCUT2D eigenvalue weighted by atomic mass is 19.4. The number of aromatic nitrogens is 1. The third-order valence-electron chi connectivity index (χ3n) is 3.28. The third-order valence-corrected chi connectivity index (χ3v) is 3.28. The highest BCUT2D eigenvalue weighted by Crippen LogP contribution is 2.32. The van der Waals surface area contributed by atoms with Crippen LogP contribution in [0.4, 0.5) is 13.2 Å². The van der Waals surface area contributed by atoms with Crippen molar-refractivity contribution in [3.8, 4) is 5.88 Å². The summed E-state index contributed by atoms with van der Waals surface area (Å²) in [5.41, 5.74) is -0.0365. The number of pyridine rings is 1. The minimum atomic E-state index is -4.50. The Morgan fingerprint density at radius 1 is 1.09 bits per heavy atom. The second-order valence-corrected chi connectivity index (χ2v) is 4.88. The molecule has 0 atom stereocenters. The van der Waals surface area contributed by atoms with Crippen LogP contribution in [0.15, 0.2) is 30.3 Å². The summed E-state index contributed by atoms with van der Waals surface area (Å²) in [6.45, 7) is 3.11. The van der Waals surface area contributed by atoms with Crippen molar-refractivity contribution >= 4 is 5.78 Å². The average molecular weight is 309 g/mol. The molecule has 0 saturated heterocycles. The lowest BCUT2D eigenvalue weighted by molar-refractivity contribution is -0.138. The molecule has 2 rings (SSSR count). The second-order valence-electron chi connectivity index (χ2n) is 4.88. The Hall–Kier alpha value is -2.37. The fourth-order valence-electron chi connectivity index (χ4n) is 2.06. The van der Waals surface area contributed by atoms with Gasteiger partial charge in [-0.25, -0.2) is 4.98 Å². The number of hydrogen-bond acceptors (Lipinski definition) is 3. The number of hydrogen-bond donors (Lipinski definition) is 0. The van der Waals surface area contributed by atoms with Crippen LogP contribution in [0.1, 0.15) is 32.7 Å². The molecule has 0 fully saturated rings. The molecule has 0 aliphatic heterocycles. The molecule has 1 heterocycles. The zero-order chi connectivity index (χ0) is 16.5. The van der Waals surface area contributed by atoms with E-state index < -0.39 is 17.5 Å². The van der Waals surface area contributed by atoms with E-state index in [2.05, 4.69) is 4.98 Å². The number of methoxy groups -OCH3 is 1. The molecule has 116 valence electrons. The summed E-state index contributed by atoms with van der Waals surface area (Å²) in [6, 6.07) is 6.60. The van der Waals surface area contributed by atoms with Gasteiger partial charge in [-0.05, 0) is 31.5 Å². The van der Waals surface area contributed by atoms with Crippen LogP contribution in [0.3, 0.4) is 0 Å². The molecule has 22 heavy (non-hydrogen) atoms. The first-order valence-corrected chi connectivity index (χ1v) is 6.48. The van der Waals surface area contributed by atoms with E-state index in [1.165, 1.54) is 32.2 Å². The largest absolute Gasteiger partial charge is 0.481 e. The maximum atomic E-state index is 12.9. The van der Waals surface area contributed by atoms with Gasteiger partial charge in [0.25, 0.3) is 0 Å². The number of halogens is 3. The van der Waals surface area contributed by atoms with Crippen molar-refractivity contribution in [3.63, 3.8) is 0 Å². The summed E-state index contributed by atoms with van der Waals surface area (Å²) in [4.78, 5) is 16.4. The number of rotatable bonds is 3. The normalized spacial score (nSPS) is 11.4. The standard InChI is InChI=1S/C16H14F3NO2/c1-9-4-6-11(8-12(9)16(17,18)19)14(21)13-7-5-10(2)15(20-13)22-3/h4-8H,1-3H3. The lowest BCUT2D eigenvalue weighted by Crippen LogP contribution is -2.11. The van der Waals surface area contributed by atoms with Gasteiger partial charge < -0.3 is 4.74 Å². The van der Waals surface area contributed by atoms with Crippen LogP contribution in [0, 0.1) is 13.8 Å². The number of carbonyl (C=O) groups is 1. The first-order chi connectivity index (χ1) is 10.2. The lowest BCUT2D eigenvalue weighted by atomic mass is 10.0. The molecule has 0 aliphatic rings. The molecule has 0 N–H and O–H groups in total. The number of nitrogens with zero attached hydrogens (tertiary/aromatic N) is 1. The first kappa shape index (κ1) is 16.0. The van der Waals surface area contributed by atoms with E-state index in [1.54, 1.807) is 13.0 Å². The van der Waals surface area contributed by atoms with Gasteiger partial charge in [0.15, 0.2) is 0 Å². The van der Waals surface area contributed by atoms with Gasteiger partial charge in [0.2, 0.25) is 11.7 Å². The summed E-state index contributed by atoms with van der Waals surface area (Å²) in [7, 11) is 1.41. The van der Waals surface area contributed by atoms with Crippen molar-refractivity contribution in [2.75, 3.05) is 7.11 Å². The van der Waals surface area contributed by atoms with Crippen molar-refractivity contribution in [2.24, 2.45) is 0 Å². The fourth-order valence-corrected chi connectivity index (χ4v) is 2.06. The van der Waals surface area contributed by atoms with Crippen LogP contribution in [0.5, 0.6) is 5.88 Å². The van der Waals surface area contributed by atoms with Gasteiger partial charge in [0, 0.05) is 11.1 Å². The Labute approximate surface area is 125 Å². The van der Waals surface area contributed by atoms with Crippen LogP contribution in [0.25, 0.3) is 0 Å². The Kier molecular flexibility index (Phi) is 4.21. The highest BCUT2D eigenvalue weighted by Gasteiger charge is 2.33. The molecule has 0 saturated carbocycles. The monoisotopic (exact) mass is 309 g/mol. The summed E-state index contributed by atoms with van der Waals surface area (Å²) < 4.78 is 43.8. The van der Waals surface area contributed by atoms with Gasteiger partial charge in [0.05, 0.1) is 12.7 Å². The van der Waals surface area contributed by atoms with Gasteiger partial charge in [0.1, 0.15) is 5.69 Å². The minimum Gasteiger partial charge on any atom is -0.481 e. The lowest BCUT2D eigenvalue weighted by Gasteiger charge is -2.12. The molecule has 0 bridgehead atoms. The van der Waals surface area contributed by atoms with Crippen molar-refractivity contribution in [1.82, 2.24) is 4.98 Å². The van der Waals surface area contributed by atoms with Gasteiger partial charge >= 0.3 is 6.18 Å². The molecule has 0 amide bonds. The van der Waals surface area contributed by atoms with E-state index >= 15 is 0 Å². The smallest absolute Gasteiger partial charge is 0.416 e. The maximum absolute atomic E-state index is 12.9. The number of alkyl halides is 3. The topological polar surface area (TPSA) is 39.2 Å². The molecule has 1 aromatic heterocycles. The van der Waals surface area contributed by atoms with Crippen molar-refractivity contribution in [3.05, 3.63) is 58.3 Å². The molecule has 0 unspecified atom stereocenters. The molecule has 6 heteroatoms. The minimum absolute atomic E-state index is 0.0411. The predicted molar refractivity (Wildman–Crippen MR) is 75.1 cm³/mol. The van der Waals surface area contributed by atoms with Crippen molar-refractivity contribution in [1.29, 1.82) is 0 Å². The molecular formula is C16H14F3NO2. The van der Waals surface area contributed by atoms with E-state index in [4.69, 9.17) is 4.74 Å². The summed E-state index contributed by atoms with van der Waals surface area (Å²) >= 11 is 0. The number of benzene rings is 1. The molecule has 0 aliphatic carbocycles. The number of carbonyl (C=O) groups excluding carboxylic acids is 1. The highest BCUT2D eigenvalue weighted by molar-refractivity contribution is 6.08. The van der Waals surface area contributed by atoms with Crippen LogP contribution >= 0.6 is 0 Å². The number of ketones is 1. The quantitative estimate of drug-likeness (QED) is 0.806. The Morgan fingerprint density at radius 3 is 2.32 bits per heavy atom. The van der Waals surface area contributed by atoms with E-state index in [0.29, 0.717) is 0 Å². The summed E-state index contributed by atoms with van der Waals surface area (Å²) in [5.74, 6) is -0.308. The third kappa shape index (κ3) is 3.10. The van der Waals surface area contributed by atoms with Gasteiger partial charge in [-0.2, -0.15) is 13.2 Å². The fraction of sp³-hybridized carbons (Fsp3) is 0.250. The number of aryl methyl sites for hydroxylation is 2. The summed E-state index contributed by atoms with van der Waals surface area (Å²) in [6.07, 6.45) is -4.50. The molecule has 3 nitrogen and oxygen atoms in total. The first-order valence-electron chi connectivity index (χ1n) is 6.48. The van der Waals surface area contributed by atoms with Gasteiger partial charge in [-0.15, -0.1) is 0 Å². The zero-order valence-electron chi connectivity index (χ0n) is 12.3. The number of ether oxygens (including phenoxy) is 1. The van der Waals surface area contributed by atoms with Crippen molar-refractivity contribution < 1.29 is 22.7 Å². The average Bonchev–Trinajstić information content (AvgIpc) is 2.46. The summed E-state index contributed by atoms with van der Waals surface area (Å²) in [5, 5.41) is 0. The molecule has 0 spiro atoms. The van der Waals surface area contributed by atoms with E-state index in [0.717, 1.165) is 11.6 Å². The van der Waals surface area contributed by atoms with Gasteiger partial charge in [-0.1, -0.05) is 18.2 Å². The Bertz CT molecular complexity index is 724. The van der Waals surface area contributed by atoms with Crippen LogP contribution in [0.2, 0.25) is 0 Å². The van der Waals surface area contributed by atoms with E-state index in [1.807, 2.05) is 0 Å². The Morgan fingerprint density at radius 2 is 1.73 bits per heavy atom. The van der Waals surface area contributed by atoms with E-state index in [-0.39, 0.29) is 22.7 Å². The Balaban J connectivity index is 2.46. The van der Waals surface area contributed by atoms with Crippen LogP contribution in [-0.4, -0.2) is 17.9 Å². The van der Waals surface area contributed by atoms with Gasteiger partial charge in [-0.3, -0.25) is 4.79 Å². The van der Waals surface area contributed by atoms with E-state index in [9.17, 15) is 18.0 Å². The molecule has 2 aromatic rings. The SMILES string of the molecule is COc1nc(C(=O)c2ccc(C)c(C(F)(F)F)c2)ccc1C. The molecular weight excluding hydrogens is 295 g/mol. The molecule has 0 radical (unpaired) electrons. The van der Waals surface area contributed by atoms with Crippen molar-refractivity contribution in [2.45, 2.75) is 20.0 Å². The second kappa shape index (κ2) is 5.79. The zero-order valence-corrected chi connectivity index (χ0v) is 12.3. The molecule has 1 aromatic carbocycles. The maximum Gasteiger partial charge on any atom is 0.416 e. The van der Waals surface area contributed by atoms with Crippen LogP contribution < -0.4 is 4.74 Å². The predicted octanol–water partition coefficient (Wildman–Crippen LogP) is 3.96. The van der Waals surface area contributed by atoms with Crippen LogP contribution in [-0.2, 0) is 6.18 Å².